The molecule has 1 atom stereocenters. The van der Waals surface area contributed by atoms with Gasteiger partial charge in [0.15, 0.2) is 0 Å². The van der Waals surface area contributed by atoms with E-state index in [0.717, 1.165) is 0 Å². The van der Waals surface area contributed by atoms with Crippen molar-refractivity contribution in [3.05, 3.63) is 34.6 Å². The summed E-state index contributed by atoms with van der Waals surface area (Å²) in [5.74, 6) is -0.563. The molecule has 1 unspecified atom stereocenters. The Morgan fingerprint density at radius 3 is 2.61 bits per heavy atom. The van der Waals surface area contributed by atoms with Gasteiger partial charge in [0.05, 0.1) is 16.7 Å². The SMILES string of the molecule is NC(c1cccc(F)c1Cl)[C@]1(O)CC[C@@H](F)CC1. The van der Waals surface area contributed by atoms with Crippen LogP contribution >= 0.6 is 11.6 Å². The number of rotatable bonds is 2. The first-order chi connectivity index (χ1) is 8.44. The van der Waals surface area contributed by atoms with Gasteiger partial charge >= 0.3 is 0 Å². The van der Waals surface area contributed by atoms with Gasteiger partial charge in [0, 0.05) is 0 Å². The van der Waals surface area contributed by atoms with Gasteiger partial charge in [-0.3, -0.25) is 0 Å². The quantitative estimate of drug-likeness (QED) is 0.871. The van der Waals surface area contributed by atoms with Gasteiger partial charge in [-0.15, -0.1) is 0 Å². The van der Waals surface area contributed by atoms with Crippen molar-refractivity contribution in [2.24, 2.45) is 5.73 Å². The van der Waals surface area contributed by atoms with E-state index in [2.05, 4.69) is 0 Å². The molecule has 1 aliphatic rings. The Balaban J connectivity index is 2.25. The normalized spacial score (nSPS) is 30.2. The molecule has 1 fully saturated rings. The monoisotopic (exact) mass is 275 g/mol. The minimum atomic E-state index is -1.21. The molecule has 0 heterocycles. The van der Waals surface area contributed by atoms with Crippen LogP contribution in [0.3, 0.4) is 0 Å². The highest BCUT2D eigenvalue weighted by Crippen LogP contribution is 2.40. The number of aliphatic hydroxyl groups is 1. The molecule has 0 amide bonds. The van der Waals surface area contributed by atoms with Crippen LogP contribution in [0.15, 0.2) is 18.2 Å². The van der Waals surface area contributed by atoms with Crippen molar-refractivity contribution in [1.29, 1.82) is 0 Å². The van der Waals surface area contributed by atoms with E-state index >= 15 is 0 Å². The maximum atomic E-state index is 13.4. The molecular formula is C13H16ClF2NO. The molecule has 0 aliphatic heterocycles. The molecule has 100 valence electrons. The van der Waals surface area contributed by atoms with Gasteiger partial charge in [-0.2, -0.15) is 0 Å². The van der Waals surface area contributed by atoms with Crippen molar-refractivity contribution in [2.45, 2.75) is 43.5 Å². The molecule has 1 aliphatic carbocycles. The van der Waals surface area contributed by atoms with E-state index in [1.807, 2.05) is 0 Å². The Hall–Kier alpha value is -0.710. The lowest BCUT2D eigenvalue weighted by Gasteiger charge is -2.38. The van der Waals surface area contributed by atoms with E-state index in [9.17, 15) is 13.9 Å². The van der Waals surface area contributed by atoms with E-state index in [1.54, 1.807) is 6.07 Å². The molecule has 0 radical (unpaired) electrons. The molecule has 18 heavy (non-hydrogen) atoms. The predicted octanol–water partition coefficient (Wildman–Crippen LogP) is 3.12. The highest BCUT2D eigenvalue weighted by atomic mass is 35.5. The van der Waals surface area contributed by atoms with Crippen LogP contribution in [0, 0.1) is 5.82 Å². The zero-order valence-corrected chi connectivity index (χ0v) is 10.6. The predicted molar refractivity (Wildman–Crippen MR) is 66.7 cm³/mol. The van der Waals surface area contributed by atoms with Crippen LogP contribution in [0.1, 0.15) is 37.3 Å². The van der Waals surface area contributed by atoms with Gasteiger partial charge in [0.25, 0.3) is 0 Å². The van der Waals surface area contributed by atoms with E-state index in [0.29, 0.717) is 5.56 Å². The van der Waals surface area contributed by atoms with Gasteiger partial charge < -0.3 is 10.8 Å². The topological polar surface area (TPSA) is 46.2 Å². The van der Waals surface area contributed by atoms with E-state index < -0.39 is 23.6 Å². The molecule has 1 saturated carbocycles. The number of nitrogens with two attached hydrogens (primary N) is 1. The summed E-state index contributed by atoms with van der Waals surface area (Å²) in [5.41, 5.74) is 5.16. The Kier molecular flexibility index (Phi) is 3.90. The summed E-state index contributed by atoms with van der Waals surface area (Å²) >= 11 is 5.86. The van der Waals surface area contributed by atoms with Gasteiger partial charge in [-0.25, -0.2) is 8.78 Å². The minimum Gasteiger partial charge on any atom is -0.388 e. The lowest BCUT2D eigenvalue weighted by molar-refractivity contribution is -0.0364. The first kappa shape index (κ1) is 13.7. The maximum absolute atomic E-state index is 13.4. The second-order valence-corrected chi connectivity index (χ2v) is 5.28. The molecule has 1 aromatic carbocycles. The van der Waals surface area contributed by atoms with Crippen LogP contribution in [0.4, 0.5) is 8.78 Å². The van der Waals surface area contributed by atoms with Crippen LogP contribution in [0.5, 0.6) is 0 Å². The Morgan fingerprint density at radius 2 is 2.00 bits per heavy atom. The van der Waals surface area contributed by atoms with Crippen molar-refractivity contribution < 1.29 is 13.9 Å². The zero-order chi connectivity index (χ0) is 13.3. The van der Waals surface area contributed by atoms with E-state index in [1.165, 1.54) is 12.1 Å². The number of benzene rings is 1. The van der Waals surface area contributed by atoms with Gasteiger partial charge in [-0.05, 0) is 37.3 Å². The van der Waals surface area contributed by atoms with Crippen LogP contribution in [-0.4, -0.2) is 16.9 Å². The summed E-state index contributed by atoms with van der Waals surface area (Å²) in [6, 6.07) is 3.53. The van der Waals surface area contributed by atoms with Crippen LogP contribution in [-0.2, 0) is 0 Å². The molecule has 0 saturated heterocycles. The second kappa shape index (κ2) is 5.11. The lowest BCUT2D eigenvalue weighted by atomic mass is 9.76. The molecule has 3 N–H and O–H groups in total. The summed E-state index contributed by atoms with van der Waals surface area (Å²) in [7, 11) is 0. The van der Waals surface area contributed by atoms with E-state index in [-0.39, 0.29) is 30.7 Å². The third-order valence-electron chi connectivity index (χ3n) is 3.68. The summed E-state index contributed by atoms with van der Waals surface area (Å²) in [6.07, 6.45) is 0.193. The third kappa shape index (κ3) is 2.51. The summed E-state index contributed by atoms with van der Waals surface area (Å²) in [6.45, 7) is 0. The average Bonchev–Trinajstić information content (AvgIpc) is 2.36. The van der Waals surface area contributed by atoms with Crippen molar-refractivity contribution in [2.75, 3.05) is 0 Å². The smallest absolute Gasteiger partial charge is 0.142 e. The molecule has 2 nitrogen and oxygen atoms in total. The van der Waals surface area contributed by atoms with E-state index in [4.69, 9.17) is 17.3 Å². The molecule has 1 aromatic rings. The van der Waals surface area contributed by atoms with Crippen molar-refractivity contribution in [3.8, 4) is 0 Å². The summed E-state index contributed by atoms with van der Waals surface area (Å²) in [5, 5.41) is 10.4. The fraction of sp³-hybridized carbons (Fsp3) is 0.538. The van der Waals surface area contributed by atoms with Gasteiger partial charge in [-0.1, -0.05) is 23.7 Å². The fourth-order valence-corrected chi connectivity index (χ4v) is 2.69. The number of alkyl halides is 1. The second-order valence-electron chi connectivity index (χ2n) is 4.90. The first-order valence-corrected chi connectivity index (χ1v) is 6.38. The zero-order valence-electron chi connectivity index (χ0n) is 9.87. The minimum absolute atomic E-state index is 0.0687. The maximum Gasteiger partial charge on any atom is 0.142 e. The molecule has 2 rings (SSSR count). The molecule has 0 aromatic heterocycles. The van der Waals surface area contributed by atoms with Crippen LogP contribution < -0.4 is 5.73 Å². The Bertz CT molecular complexity index is 433. The summed E-state index contributed by atoms with van der Waals surface area (Å²) in [4.78, 5) is 0. The average molecular weight is 276 g/mol. The Morgan fingerprint density at radius 1 is 1.39 bits per heavy atom. The van der Waals surface area contributed by atoms with Crippen LogP contribution in [0.25, 0.3) is 0 Å². The van der Waals surface area contributed by atoms with Gasteiger partial charge in [0.1, 0.15) is 12.0 Å². The standard InChI is InChI=1S/C13H16ClF2NO/c14-11-9(2-1-3-10(11)16)12(17)13(18)6-4-8(15)5-7-13/h1-3,8,12,18H,4-7,17H2/t8-,12?,13+. The molecule has 5 heteroatoms. The molecular weight excluding hydrogens is 260 g/mol. The van der Waals surface area contributed by atoms with Gasteiger partial charge in [0.2, 0.25) is 0 Å². The fourth-order valence-electron chi connectivity index (χ4n) is 2.44. The number of hydrogen-bond donors (Lipinski definition) is 2. The number of hydrogen-bond acceptors (Lipinski definition) is 2. The first-order valence-electron chi connectivity index (χ1n) is 6.00. The molecule has 0 spiro atoms. The summed E-state index contributed by atoms with van der Waals surface area (Å²) < 4.78 is 26.5. The third-order valence-corrected chi connectivity index (χ3v) is 4.08. The highest BCUT2D eigenvalue weighted by molar-refractivity contribution is 6.31. The molecule has 0 bridgehead atoms. The highest BCUT2D eigenvalue weighted by Gasteiger charge is 2.40. The number of halogens is 3. The van der Waals surface area contributed by atoms with Crippen molar-refractivity contribution >= 4 is 11.6 Å². The van der Waals surface area contributed by atoms with Crippen molar-refractivity contribution in [1.82, 2.24) is 0 Å². The Labute approximate surface area is 110 Å². The lowest BCUT2D eigenvalue weighted by Crippen LogP contribution is -2.44. The largest absolute Gasteiger partial charge is 0.388 e. The van der Waals surface area contributed by atoms with Crippen LogP contribution in [0.2, 0.25) is 5.02 Å². The van der Waals surface area contributed by atoms with Crippen molar-refractivity contribution in [3.63, 3.8) is 0 Å².